The van der Waals surface area contributed by atoms with E-state index in [4.69, 9.17) is 4.74 Å². The molecule has 3 rings (SSSR count). The van der Waals surface area contributed by atoms with E-state index in [2.05, 4.69) is 5.32 Å². The zero-order chi connectivity index (χ0) is 20.1. The van der Waals surface area contributed by atoms with E-state index in [9.17, 15) is 24.6 Å². The number of carbonyl (C=O) groups excluding carboxylic acids is 2. The molecule has 152 valence electrons. The van der Waals surface area contributed by atoms with Crippen molar-refractivity contribution < 1.29 is 29.3 Å². The standard InChI is InChI=1S/C19H30N2O6/c1-18(2,9-22)14(20-15(23)10-5-6-27-8-10)16(24)21-7-11-12(19(11,3)4)13(21)17(25)26/h10-14,22H,5-9H2,1-4H3,(H,20,23)(H,25,26)/t10-,11+,12+,13+,14-/m1/s1. The molecule has 8 heteroatoms. The van der Waals surface area contributed by atoms with Crippen molar-refractivity contribution in [1.29, 1.82) is 0 Å². The Kier molecular flexibility index (Phi) is 5.01. The summed E-state index contributed by atoms with van der Waals surface area (Å²) in [6, 6.07) is -1.88. The van der Waals surface area contributed by atoms with Gasteiger partial charge in [-0.3, -0.25) is 9.59 Å². The van der Waals surface area contributed by atoms with Crippen molar-refractivity contribution >= 4 is 17.8 Å². The average molecular weight is 382 g/mol. The molecule has 0 bridgehead atoms. The summed E-state index contributed by atoms with van der Waals surface area (Å²) in [6.45, 7) is 8.31. The number of carboxylic acid groups (broad SMARTS) is 1. The predicted molar refractivity (Wildman–Crippen MR) is 95.6 cm³/mol. The van der Waals surface area contributed by atoms with Crippen LogP contribution in [0.25, 0.3) is 0 Å². The van der Waals surface area contributed by atoms with Crippen molar-refractivity contribution in [1.82, 2.24) is 10.2 Å². The van der Waals surface area contributed by atoms with Crippen molar-refractivity contribution in [3.63, 3.8) is 0 Å². The maximum atomic E-state index is 13.3. The number of piperidine rings is 1. The lowest BCUT2D eigenvalue weighted by atomic mass is 9.83. The molecular weight excluding hydrogens is 352 g/mol. The molecule has 2 aliphatic heterocycles. The van der Waals surface area contributed by atoms with Crippen LogP contribution >= 0.6 is 0 Å². The second kappa shape index (κ2) is 6.74. The number of amides is 2. The van der Waals surface area contributed by atoms with Crippen LogP contribution in [0.1, 0.15) is 34.1 Å². The van der Waals surface area contributed by atoms with E-state index < -0.39 is 29.4 Å². The van der Waals surface area contributed by atoms with Gasteiger partial charge in [0.25, 0.3) is 0 Å². The molecule has 5 atom stereocenters. The van der Waals surface area contributed by atoms with Crippen LogP contribution in [0.5, 0.6) is 0 Å². The van der Waals surface area contributed by atoms with Gasteiger partial charge in [-0.25, -0.2) is 4.79 Å². The van der Waals surface area contributed by atoms with Gasteiger partial charge in [0.05, 0.1) is 19.1 Å². The highest BCUT2D eigenvalue weighted by Crippen LogP contribution is 2.65. The lowest BCUT2D eigenvalue weighted by molar-refractivity contribution is -0.153. The van der Waals surface area contributed by atoms with Crippen LogP contribution in [0.3, 0.4) is 0 Å². The summed E-state index contributed by atoms with van der Waals surface area (Å²) in [6.07, 6.45) is 0.589. The smallest absolute Gasteiger partial charge is 0.326 e. The first kappa shape index (κ1) is 20.1. The maximum Gasteiger partial charge on any atom is 0.326 e. The first-order valence-electron chi connectivity index (χ1n) is 9.54. The maximum absolute atomic E-state index is 13.3. The predicted octanol–water partition coefficient (Wildman–Crippen LogP) is 0.0938. The number of carbonyl (C=O) groups is 3. The summed E-state index contributed by atoms with van der Waals surface area (Å²) < 4.78 is 5.24. The molecule has 27 heavy (non-hydrogen) atoms. The lowest BCUT2D eigenvalue weighted by Gasteiger charge is -2.38. The highest BCUT2D eigenvalue weighted by Gasteiger charge is 2.70. The van der Waals surface area contributed by atoms with E-state index in [0.29, 0.717) is 26.2 Å². The Labute approximate surface area is 159 Å². The minimum absolute atomic E-state index is 0.0734. The molecule has 0 unspecified atom stereocenters. The summed E-state index contributed by atoms with van der Waals surface area (Å²) in [5, 5.41) is 22.3. The van der Waals surface area contributed by atoms with Gasteiger partial charge in [-0.15, -0.1) is 0 Å². The monoisotopic (exact) mass is 382 g/mol. The van der Waals surface area contributed by atoms with Crippen LogP contribution in [-0.4, -0.2) is 71.3 Å². The Morgan fingerprint density at radius 2 is 2.00 bits per heavy atom. The van der Waals surface area contributed by atoms with Crippen LogP contribution < -0.4 is 5.32 Å². The van der Waals surface area contributed by atoms with Gasteiger partial charge in [-0.05, 0) is 17.8 Å². The number of aliphatic carboxylic acids is 1. The van der Waals surface area contributed by atoms with Gasteiger partial charge in [0.2, 0.25) is 11.8 Å². The molecule has 2 saturated heterocycles. The topological polar surface area (TPSA) is 116 Å². The number of hydrogen-bond donors (Lipinski definition) is 3. The number of nitrogens with one attached hydrogen (secondary N) is 1. The number of aliphatic hydroxyl groups excluding tert-OH is 1. The third kappa shape index (κ3) is 3.33. The molecule has 2 heterocycles. The zero-order valence-corrected chi connectivity index (χ0v) is 16.4. The average Bonchev–Trinajstić information content (AvgIpc) is 3.08. The Bertz CT molecular complexity index is 640. The SMILES string of the molecule is CC(C)(CO)[C@H](NC(=O)[C@@H]1CCOC1)C(=O)N1C[C@H]2[C@@H]([C@H]1C(=O)O)C2(C)C. The molecule has 8 nitrogen and oxygen atoms in total. The molecular formula is C19H30N2O6. The van der Waals surface area contributed by atoms with Gasteiger partial charge >= 0.3 is 5.97 Å². The lowest BCUT2D eigenvalue weighted by Crippen LogP contribution is -2.60. The third-order valence-corrected chi connectivity index (χ3v) is 6.77. The summed E-state index contributed by atoms with van der Waals surface area (Å²) >= 11 is 0. The minimum Gasteiger partial charge on any atom is -0.480 e. The summed E-state index contributed by atoms with van der Waals surface area (Å²) in [5.41, 5.74) is -1.01. The summed E-state index contributed by atoms with van der Waals surface area (Å²) in [7, 11) is 0. The number of ether oxygens (including phenoxy) is 1. The number of aliphatic hydroxyl groups is 1. The Morgan fingerprint density at radius 1 is 1.33 bits per heavy atom. The second-order valence-electron chi connectivity index (χ2n) is 9.38. The number of nitrogens with zero attached hydrogens (tertiary/aromatic N) is 1. The quantitative estimate of drug-likeness (QED) is 0.600. The number of hydrogen-bond acceptors (Lipinski definition) is 5. The number of likely N-dealkylation sites (tertiary alicyclic amines) is 1. The number of fused-ring (bicyclic) bond motifs is 1. The Hall–Kier alpha value is -1.67. The zero-order valence-electron chi connectivity index (χ0n) is 16.4. The number of rotatable bonds is 6. The third-order valence-electron chi connectivity index (χ3n) is 6.77. The molecule has 1 aliphatic carbocycles. The van der Waals surface area contributed by atoms with Crippen LogP contribution in [0.4, 0.5) is 0 Å². The molecule has 0 aromatic heterocycles. The van der Waals surface area contributed by atoms with Gasteiger partial charge in [-0.2, -0.15) is 0 Å². The van der Waals surface area contributed by atoms with E-state index in [1.807, 2.05) is 13.8 Å². The minimum atomic E-state index is -1.02. The van der Waals surface area contributed by atoms with Gasteiger partial charge in [0, 0.05) is 24.5 Å². The first-order valence-corrected chi connectivity index (χ1v) is 9.54. The van der Waals surface area contributed by atoms with Crippen LogP contribution in [0, 0.1) is 28.6 Å². The van der Waals surface area contributed by atoms with Crippen LogP contribution in [-0.2, 0) is 19.1 Å². The van der Waals surface area contributed by atoms with Gasteiger partial charge in [0.15, 0.2) is 0 Å². The molecule has 0 aromatic rings. The largest absolute Gasteiger partial charge is 0.480 e. The fraction of sp³-hybridized carbons (Fsp3) is 0.842. The van der Waals surface area contributed by atoms with Crippen molar-refractivity contribution in [3.05, 3.63) is 0 Å². The van der Waals surface area contributed by atoms with E-state index in [1.165, 1.54) is 4.90 Å². The fourth-order valence-electron chi connectivity index (χ4n) is 4.65. The molecule has 3 aliphatic rings. The molecule has 0 spiro atoms. The molecule has 3 fully saturated rings. The normalized spacial score (nSPS) is 32.7. The molecule has 0 radical (unpaired) electrons. The molecule has 1 saturated carbocycles. The van der Waals surface area contributed by atoms with E-state index in [-0.39, 0.29) is 35.7 Å². The first-order chi connectivity index (χ1) is 12.5. The van der Waals surface area contributed by atoms with Gasteiger partial charge in [-0.1, -0.05) is 27.7 Å². The highest BCUT2D eigenvalue weighted by atomic mass is 16.5. The highest BCUT2D eigenvalue weighted by molar-refractivity contribution is 5.92. The molecule has 3 N–H and O–H groups in total. The van der Waals surface area contributed by atoms with Gasteiger partial charge < -0.3 is 25.2 Å². The van der Waals surface area contributed by atoms with Crippen molar-refractivity contribution in [3.8, 4) is 0 Å². The molecule has 0 aromatic carbocycles. The second-order valence-corrected chi connectivity index (χ2v) is 9.38. The summed E-state index contributed by atoms with van der Waals surface area (Å²) in [5.74, 6) is -1.98. The Morgan fingerprint density at radius 3 is 2.52 bits per heavy atom. The van der Waals surface area contributed by atoms with Crippen molar-refractivity contribution in [2.24, 2.45) is 28.6 Å². The van der Waals surface area contributed by atoms with Crippen molar-refractivity contribution in [2.75, 3.05) is 26.4 Å². The van der Waals surface area contributed by atoms with E-state index >= 15 is 0 Å². The van der Waals surface area contributed by atoms with Crippen molar-refractivity contribution in [2.45, 2.75) is 46.2 Å². The summed E-state index contributed by atoms with van der Waals surface area (Å²) in [4.78, 5) is 39.1. The van der Waals surface area contributed by atoms with Gasteiger partial charge in [0.1, 0.15) is 12.1 Å². The molecule has 2 amide bonds. The fourth-order valence-corrected chi connectivity index (χ4v) is 4.65. The number of carboxylic acids is 1. The van der Waals surface area contributed by atoms with E-state index in [1.54, 1.807) is 13.8 Å². The van der Waals surface area contributed by atoms with E-state index in [0.717, 1.165) is 0 Å². The van der Waals surface area contributed by atoms with Crippen LogP contribution in [0.15, 0.2) is 0 Å². The Balaban J connectivity index is 1.81. The van der Waals surface area contributed by atoms with Crippen LogP contribution in [0.2, 0.25) is 0 Å².